The summed E-state index contributed by atoms with van der Waals surface area (Å²) in [6.07, 6.45) is 2.12. The van der Waals surface area contributed by atoms with Crippen LogP contribution in [0, 0.1) is 23.7 Å². The van der Waals surface area contributed by atoms with Crippen LogP contribution < -0.4 is 0 Å². The van der Waals surface area contributed by atoms with Crippen LogP contribution in [0.3, 0.4) is 0 Å². The van der Waals surface area contributed by atoms with Crippen molar-refractivity contribution >= 4 is 12.1 Å². The van der Waals surface area contributed by atoms with E-state index in [-0.39, 0.29) is 5.60 Å². The van der Waals surface area contributed by atoms with Crippen LogP contribution in [0.1, 0.15) is 13.3 Å². The van der Waals surface area contributed by atoms with Gasteiger partial charge in [-0.05, 0) is 18.8 Å². The number of fused-ring (bicyclic) bond motifs is 2. The van der Waals surface area contributed by atoms with Gasteiger partial charge in [-0.2, -0.15) is 0 Å². The molecular weight excluding hydrogens is 192 g/mol. The zero-order chi connectivity index (χ0) is 10.2. The Morgan fingerprint density at radius 2 is 2.27 bits per heavy atom. The minimum absolute atomic E-state index is 0.0521. The van der Waals surface area contributed by atoms with Gasteiger partial charge in [0.05, 0.1) is 5.71 Å². The fourth-order valence-electron chi connectivity index (χ4n) is 3.46. The molecule has 0 bridgehead atoms. The first kappa shape index (κ1) is 8.13. The van der Waals surface area contributed by atoms with Crippen molar-refractivity contribution in [3.63, 3.8) is 0 Å². The van der Waals surface area contributed by atoms with Crippen molar-refractivity contribution in [1.29, 1.82) is 0 Å². The van der Waals surface area contributed by atoms with Gasteiger partial charge in [0, 0.05) is 31.3 Å². The van der Waals surface area contributed by atoms with Crippen LogP contribution in [-0.4, -0.2) is 35.7 Å². The number of hydrogen-bond acceptors (Lipinski definition) is 3. The lowest BCUT2D eigenvalue weighted by Crippen LogP contribution is -2.25. The van der Waals surface area contributed by atoms with Crippen molar-refractivity contribution in [1.82, 2.24) is 4.90 Å². The van der Waals surface area contributed by atoms with Gasteiger partial charge in [0.1, 0.15) is 5.60 Å². The lowest BCUT2D eigenvalue weighted by molar-refractivity contribution is -0.117. The van der Waals surface area contributed by atoms with Gasteiger partial charge in [0.15, 0.2) is 0 Å². The summed E-state index contributed by atoms with van der Waals surface area (Å²) in [5.41, 5.74) is 1.36. The number of oxime groups is 1. The van der Waals surface area contributed by atoms with Crippen molar-refractivity contribution in [3.05, 3.63) is 0 Å². The van der Waals surface area contributed by atoms with Gasteiger partial charge in [-0.1, -0.05) is 5.16 Å². The highest BCUT2D eigenvalue weighted by atomic mass is 16.7. The summed E-state index contributed by atoms with van der Waals surface area (Å²) in [7, 11) is 0. The summed E-state index contributed by atoms with van der Waals surface area (Å²) in [5.74, 6) is 2.59. The van der Waals surface area contributed by atoms with E-state index in [2.05, 4.69) is 12.1 Å². The SMILES string of the molecule is C[C@]12C[C@H]1C(C1C3CN(C=O)CC31)=NO2. The molecule has 1 amide bonds. The van der Waals surface area contributed by atoms with Crippen LogP contribution in [0.2, 0.25) is 0 Å². The smallest absolute Gasteiger partial charge is 0.209 e. The Labute approximate surface area is 88.2 Å². The Bertz CT molecular complexity index is 369. The van der Waals surface area contributed by atoms with Crippen LogP contribution in [0.25, 0.3) is 0 Å². The predicted molar refractivity (Wildman–Crippen MR) is 53.1 cm³/mol. The number of rotatable bonds is 2. The molecule has 2 aliphatic carbocycles. The Morgan fingerprint density at radius 1 is 1.53 bits per heavy atom. The highest BCUT2D eigenvalue weighted by Gasteiger charge is 2.68. The van der Waals surface area contributed by atoms with Gasteiger partial charge >= 0.3 is 0 Å². The number of carbonyl (C=O) groups excluding carboxylic acids is 1. The molecule has 1 saturated heterocycles. The van der Waals surface area contributed by atoms with E-state index < -0.39 is 0 Å². The monoisotopic (exact) mass is 206 g/mol. The Morgan fingerprint density at radius 3 is 2.73 bits per heavy atom. The molecule has 4 aliphatic rings. The van der Waals surface area contributed by atoms with E-state index >= 15 is 0 Å². The van der Waals surface area contributed by atoms with Crippen molar-refractivity contribution in [2.45, 2.75) is 18.9 Å². The standard InChI is InChI=1S/C11H14N2O2/c1-11-2-8(11)10(12-15-11)9-6-3-13(5-14)4-7(6)9/h5-9H,2-4H2,1H3/t6?,7?,8-,9?,11-/m0/s1. The summed E-state index contributed by atoms with van der Waals surface area (Å²) < 4.78 is 0. The number of hydrogen-bond donors (Lipinski definition) is 0. The molecular formula is C11H14N2O2. The van der Waals surface area contributed by atoms with Gasteiger partial charge in [0.2, 0.25) is 6.41 Å². The van der Waals surface area contributed by atoms with E-state index in [1.54, 1.807) is 0 Å². The first-order chi connectivity index (χ1) is 7.23. The summed E-state index contributed by atoms with van der Waals surface area (Å²) in [6, 6.07) is 0. The lowest BCUT2D eigenvalue weighted by atomic mass is 10.1. The van der Waals surface area contributed by atoms with Gasteiger partial charge in [-0.3, -0.25) is 4.79 Å². The molecule has 4 heteroatoms. The van der Waals surface area contributed by atoms with Crippen LogP contribution in [0.4, 0.5) is 0 Å². The van der Waals surface area contributed by atoms with Crippen molar-refractivity contribution < 1.29 is 9.63 Å². The summed E-state index contributed by atoms with van der Waals surface area (Å²) in [5, 5.41) is 4.24. The predicted octanol–water partition coefficient (Wildman–Crippen LogP) is 0.485. The largest absolute Gasteiger partial charge is 0.389 e. The Hall–Kier alpha value is -1.06. The second-order valence-corrected chi connectivity index (χ2v) is 5.59. The third kappa shape index (κ3) is 0.880. The maximum absolute atomic E-state index is 10.6. The molecule has 4 rings (SSSR count). The van der Waals surface area contributed by atoms with Gasteiger partial charge < -0.3 is 9.74 Å². The molecule has 80 valence electrons. The molecule has 0 spiro atoms. The number of nitrogens with zero attached hydrogens (tertiary/aromatic N) is 2. The second-order valence-electron chi connectivity index (χ2n) is 5.59. The molecule has 0 aromatic rings. The summed E-state index contributed by atoms with van der Waals surface area (Å²) in [6.45, 7) is 4.01. The highest BCUT2D eigenvalue weighted by molar-refractivity contribution is 5.96. The molecule has 2 aliphatic heterocycles. The normalized spacial score (nSPS) is 54.2. The van der Waals surface area contributed by atoms with Crippen LogP contribution in [0.5, 0.6) is 0 Å². The van der Waals surface area contributed by atoms with Crippen molar-refractivity contribution in [2.75, 3.05) is 13.1 Å². The molecule has 0 N–H and O–H groups in total. The molecule has 0 aromatic carbocycles. The average Bonchev–Trinajstić information content (AvgIpc) is 2.99. The molecule has 0 aromatic heterocycles. The molecule has 3 fully saturated rings. The van der Waals surface area contributed by atoms with Crippen molar-refractivity contribution in [3.8, 4) is 0 Å². The summed E-state index contributed by atoms with van der Waals surface area (Å²) >= 11 is 0. The zero-order valence-electron chi connectivity index (χ0n) is 8.72. The Kier molecular flexibility index (Phi) is 1.19. The minimum Gasteiger partial charge on any atom is -0.389 e. The molecule has 2 heterocycles. The topological polar surface area (TPSA) is 41.9 Å². The molecule has 2 unspecified atom stereocenters. The van der Waals surface area contributed by atoms with Crippen LogP contribution in [-0.2, 0) is 9.63 Å². The average molecular weight is 206 g/mol. The highest BCUT2D eigenvalue weighted by Crippen LogP contribution is 2.61. The third-order valence-corrected chi connectivity index (χ3v) is 4.62. The maximum atomic E-state index is 10.6. The quantitative estimate of drug-likeness (QED) is 0.617. The zero-order valence-corrected chi connectivity index (χ0v) is 8.72. The van der Waals surface area contributed by atoms with Crippen LogP contribution >= 0.6 is 0 Å². The fourth-order valence-corrected chi connectivity index (χ4v) is 3.46. The van der Waals surface area contributed by atoms with Gasteiger partial charge in [-0.15, -0.1) is 0 Å². The van der Waals surface area contributed by atoms with Gasteiger partial charge in [-0.25, -0.2) is 0 Å². The molecule has 15 heavy (non-hydrogen) atoms. The maximum Gasteiger partial charge on any atom is 0.209 e. The number of piperidine rings is 1. The second kappa shape index (κ2) is 2.20. The fraction of sp³-hybridized carbons (Fsp3) is 0.818. The minimum atomic E-state index is 0.0521. The number of likely N-dealkylation sites (tertiary alicyclic amines) is 1. The van der Waals surface area contributed by atoms with Crippen molar-refractivity contribution in [2.24, 2.45) is 28.8 Å². The first-order valence-electron chi connectivity index (χ1n) is 5.68. The van der Waals surface area contributed by atoms with E-state index in [1.807, 2.05) is 4.90 Å². The van der Waals surface area contributed by atoms with E-state index in [4.69, 9.17) is 4.84 Å². The number of carbonyl (C=O) groups is 1. The lowest BCUT2D eigenvalue weighted by Gasteiger charge is -2.13. The van der Waals surface area contributed by atoms with Gasteiger partial charge in [0.25, 0.3) is 0 Å². The van der Waals surface area contributed by atoms with E-state index in [0.717, 1.165) is 25.9 Å². The van der Waals surface area contributed by atoms with Crippen LogP contribution in [0.15, 0.2) is 5.16 Å². The van der Waals surface area contributed by atoms with E-state index in [1.165, 1.54) is 5.71 Å². The van der Waals surface area contributed by atoms with E-state index in [9.17, 15) is 4.79 Å². The number of amides is 1. The third-order valence-electron chi connectivity index (χ3n) is 4.62. The first-order valence-corrected chi connectivity index (χ1v) is 5.68. The van der Waals surface area contributed by atoms with E-state index in [0.29, 0.717) is 23.7 Å². The molecule has 4 atom stereocenters. The molecule has 2 saturated carbocycles. The molecule has 4 nitrogen and oxygen atoms in total. The summed E-state index contributed by atoms with van der Waals surface area (Å²) in [4.78, 5) is 17.9. The molecule has 0 radical (unpaired) electrons. The Balaban J connectivity index is 1.49.